The number of rotatable bonds is 6. The summed E-state index contributed by atoms with van der Waals surface area (Å²) in [6.45, 7) is 0. The zero-order chi connectivity index (χ0) is 19.2. The number of aromatic nitrogens is 3. The molecule has 138 valence electrons. The Balaban J connectivity index is 1.34. The lowest BCUT2D eigenvalue weighted by Crippen LogP contribution is -2.14. The van der Waals surface area contributed by atoms with Gasteiger partial charge in [0.25, 0.3) is 0 Å². The molecule has 1 amide bonds. The van der Waals surface area contributed by atoms with Gasteiger partial charge in [0, 0.05) is 23.6 Å². The highest BCUT2D eigenvalue weighted by molar-refractivity contribution is 5.92. The molecule has 0 aliphatic heterocycles. The fourth-order valence-corrected chi connectivity index (χ4v) is 2.52. The normalized spacial score (nSPS) is 10.4. The van der Waals surface area contributed by atoms with Crippen LogP contribution in [0.1, 0.15) is 5.69 Å². The fraction of sp³-hybridized carbons (Fsp3) is 0.0476. The van der Waals surface area contributed by atoms with Gasteiger partial charge in [-0.05, 0) is 42.5 Å². The van der Waals surface area contributed by atoms with Gasteiger partial charge < -0.3 is 14.5 Å². The van der Waals surface area contributed by atoms with Crippen molar-refractivity contribution in [2.75, 3.05) is 5.32 Å². The Morgan fingerprint density at radius 2 is 1.71 bits per heavy atom. The second kappa shape index (κ2) is 8.13. The molecule has 0 aliphatic carbocycles. The SMILES string of the molecule is O=C(Cc1coc(-c2ccccc2)n1)Nc1ccc(Oc2ncccn2)cc1. The summed E-state index contributed by atoms with van der Waals surface area (Å²) in [5.41, 5.74) is 2.09. The molecule has 4 aromatic rings. The van der Waals surface area contributed by atoms with E-state index >= 15 is 0 Å². The molecule has 7 nitrogen and oxygen atoms in total. The third-order valence-corrected chi connectivity index (χ3v) is 3.80. The summed E-state index contributed by atoms with van der Waals surface area (Å²) in [5, 5.41) is 2.82. The molecule has 2 heterocycles. The van der Waals surface area contributed by atoms with Crippen molar-refractivity contribution in [2.24, 2.45) is 0 Å². The summed E-state index contributed by atoms with van der Waals surface area (Å²) >= 11 is 0. The number of nitrogens with one attached hydrogen (secondary N) is 1. The molecule has 0 radical (unpaired) electrons. The van der Waals surface area contributed by atoms with Gasteiger partial charge in [-0.3, -0.25) is 4.79 Å². The molecule has 28 heavy (non-hydrogen) atoms. The molecule has 1 N–H and O–H groups in total. The van der Waals surface area contributed by atoms with Crippen molar-refractivity contribution in [3.8, 4) is 23.2 Å². The Morgan fingerprint density at radius 3 is 2.46 bits per heavy atom. The second-order valence-corrected chi connectivity index (χ2v) is 5.89. The third-order valence-electron chi connectivity index (χ3n) is 3.80. The lowest BCUT2D eigenvalue weighted by molar-refractivity contribution is -0.115. The summed E-state index contributed by atoms with van der Waals surface area (Å²) in [6, 6.07) is 18.5. The molecule has 0 atom stereocenters. The van der Waals surface area contributed by atoms with E-state index in [0.29, 0.717) is 23.0 Å². The van der Waals surface area contributed by atoms with Crippen LogP contribution in [0.2, 0.25) is 0 Å². The third kappa shape index (κ3) is 4.39. The number of carbonyl (C=O) groups excluding carboxylic acids is 1. The van der Waals surface area contributed by atoms with Crippen LogP contribution in [-0.2, 0) is 11.2 Å². The van der Waals surface area contributed by atoms with E-state index in [4.69, 9.17) is 9.15 Å². The number of hydrogen-bond acceptors (Lipinski definition) is 6. The van der Waals surface area contributed by atoms with E-state index in [1.807, 2.05) is 30.3 Å². The molecule has 0 unspecified atom stereocenters. The van der Waals surface area contributed by atoms with Gasteiger partial charge >= 0.3 is 6.01 Å². The van der Waals surface area contributed by atoms with Gasteiger partial charge in [0.1, 0.15) is 12.0 Å². The van der Waals surface area contributed by atoms with Crippen molar-refractivity contribution in [2.45, 2.75) is 6.42 Å². The van der Waals surface area contributed by atoms with Crippen LogP contribution in [0.15, 0.2) is 83.7 Å². The second-order valence-electron chi connectivity index (χ2n) is 5.89. The van der Waals surface area contributed by atoms with Gasteiger partial charge in [0.2, 0.25) is 11.8 Å². The first-order valence-electron chi connectivity index (χ1n) is 8.61. The van der Waals surface area contributed by atoms with E-state index in [-0.39, 0.29) is 18.3 Å². The lowest BCUT2D eigenvalue weighted by Gasteiger charge is -2.06. The maximum Gasteiger partial charge on any atom is 0.321 e. The minimum atomic E-state index is -0.187. The number of benzene rings is 2. The van der Waals surface area contributed by atoms with Gasteiger partial charge in [-0.2, -0.15) is 0 Å². The van der Waals surface area contributed by atoms with E-state index in [0.717, 1.165) is 5.56 Å². The largest absolute Gasteiger partial charge is 0.444 e. The predicted octanol–water partition coefficient (Wildman–Crippen LogP) is 4.11. The predicted molar refractivity (Wildman–Crippen MR) is 103 cm³/mol. The summed E-state index contributed by atoms with van der Waals surface area (Å²) < 4.78 is 11.0. The quantitative estimate of drug-likeness (QED) is 0.548. The van der Waals surface area contributed by atoms with Crippen LogP contribution in [0.3, 0.4) is 0 Å². The molecule has 2 aromatic carbocycles. The summed E-state index contributed by atoms with van der Waals surface area (Å²) in [6.07, 6.45) is 4.82. The topological polar surface area (TPSA) is 90.1 Å². The molecule has 0 saturated heterocycles. The summed E-state index contributed by atoms with van der Waals surface area (Å²) in [5.74, 6) is 0.884. The number of carbonyl (C=O) groups is 1. The average molecular weight is 372 g/mol. The molecule has 7 heteroatoms. The zero-order valence-corrected chi connectivity index (χ0v) is 14.8. The van der Waals surface area contributed by atoms with Gasteiger partial charge in [-0.25, -0.2) is 15.0 Å². The molecule has 0 bridgehead atoms. The number of oxazole rings is 1. The van der Waals surface area contributed by atoms with Crippen molar-refractivity contribution in [3.05, 3.63) is 85.0 Å². The van der Waals surface area contributed by atoms with Crippen molar-refractivity contribution < 1.29 is 13.9 Å². The molecule has 0 aliphatic rings. The number of hydrogen-bond donors (Lipinski definition) is 1. The Kier molecular flexibility index (Phi) is 5.06. The smallest absolute Gasteiger partial charge is 0.321 e. The summed E-state index contributed by atoms with van der Waals surface area (Å²) in [4.78, 5) is 24.6. The maximum atomic E-state index is 12.3. The minimum absolute atomic E-state index is 0.118. The van der Waals surface area contributed by atoms with Crippen molar-refractivity contribution in [1.29, 1.82) is 0 Å². The Morgan fingerprint density at radius 1 is 0.964 bits per heavy atom. The number of ether oxygens (including phenoxy) is 1. The highest BCUT2D eigenvalue weighted by Crippen LogP contribution is 2.21. The van der Waals surface area contributed by atoms with Gasteiger partial charge in [-0.1, -0.05) is 18.2 Å². The van der Waals surface area contributed by atoms with E-state index in [1.54, 1.807) is 42.7 Å². The number of amides is 1. The van der Waals surface area contributed by atoms with Gasteiger partial charge in [0.05, 0.1) is 12.1 Å². The Hall–Kier alpha value is -4.00. The zero-order valence-electron chi connectivity index (χ0n) is 14.8. The highest BCUT2D eigenvalue weighted by atomic mass is 16.5. The van der Waals surface area contributed by atoms with Crippen LogP contribution in [-0.4, -0.2) is 20.9 Å². The van der Waals surface area contributed by atoms with Gasteiger partial charge in [0.15, 0.2) is 0 Å². The molecule has 0 saturated carbocycles. The number of nitrogens with zero attached hydrogens (tertiary/aromatic N) is 3. The molecule has 0 spiro atoms. The summed E-state index contributed by atoms with van der Waals surface area (Å²) in [7, 11) is 0. The van der Waals surface area contributed by atoms with Crippen molar-refractivity contribution >= 4 is 11.6 Å². The van der Waals surface area contributed by atoms with Gasteiger partial charge in [-0.15, -0.1) is 0 Å². The van der Waals surface area contributed by atoms with Crippen LogP contribution < -0.4 is 10.1 Å². The van der Waals surface area contributed by atoms with E-state index in [1.165, 1.54) is 6.26 Å². The van der Waals surface area contributed by atoms with Crippen LogP contribution >= 0.6 is 0 Å². The first kappa shape index (κ1) is 17.4. The van der Waals surface area contributed by atoms with E-state index < -0.39 is 0 Å². The van der Waals surface area contributed by atoms with Crippen molar-refractivity contribution in [1.82, 2.24) is 15.0 Å². The van der Waals surface area contributed by atoms with Crippen LogP contribution in [0, 0.1) is 0 Å². The van der Waals surface area contributed by atoms with Crippen LogP contribution in [0.4, 0.5) is 5.69 Å². The van der Waals surface area contributed by atoms with Crippen LogP contribution in [0.25, 0.3) is 11.5 Å². The van der Waals surface area contributed by atoms with Crippen LogP contribution in [0.5, 0.6) is 11.8 Å². The fourth-order valence-electron chi connectivity index (χ4n) is 2.52. The molecule has 2 aromatic heterocycles. The monoisotopic (exact) mass is 372 g/mol. The average Bonchev–Trinajstić information content (AvgIpc) is 3.19. The minimum Gasteiger partial charge on any atom is -0.444 e. The van der Waals surface area contributed by atoms with Crippen molar-refractivity contribution in [3.63, 3.8) is 0 Å². The first-order valence-corrected chi connectivity index (χ1v) is 8.61. The lowest BCUT2D eigenvalue weighted by atomic mass is 10.2. The Labute approximate surface area is 161 Å². The first-order chi connectivity index (χ1) is 13.8. The number of anilines is 1. The van der Waals surface area contributed by atoms with E-state index in [2.05, 4.69) is 20.3 Å². The maximum absolute atomic E-state index is 12.3. The molecular formula is C21H16N4O3. The molecule has 4 rings (SSSR count). The molecule has 0 fully saturated rings. The highest BCUT2D eigenvalue weighted by Gasteiger charge is 2.11. The van der Waals surface area contributed by atoms with E-state index in [9.17, 15) is 4.79 Å². The standard InChI is InChI=1S/C21H16N4O3/c26-19(13-17-14-27-20(25-17)15-5-2-1-3-6-15)24-16-7-9-18(10-8-16)28-21-22-11-4-12-23-21/h1-12,14H,13H2,(H,24,26). The molecular weight excluding hydrogens is 356 g/mol. The Bertz CT molecular complexity index is 1050.